The SMILES string of the molecule is Cc1ccc(Cl)cc1NC(=O)COC(=O)C[C@H]1C[C@H]2CC[C@@H]1C2. The summed E-state index contributed by atoms with van der Waals surface area (Å²) in [6.07, 6.45) is 5.43. The Morgan fingerprint density at radius 1 is 1.30 bits per heavy atom. The standard InChI is InChI=1S/C18H22ClNO3/c1-11-2-5-15(19)9-16(11)20-17(21)10-23-18(22)8-14-7-12-3-4-13(14)6-12/h2,5,9,12-14H,3-4,6-8,10H2,1H3,(H,20,21)/t12-,13+,14+/m0/s1. The number of halogens is 1. The average molecular weight is 336 g/mol. The number of carbonyl (C=O) groups excluding carboxylic acids is 2. The van der Waals surface area contributed by atoms with E-state index >= 15 is 0 Å². The Kier molecular flexibility index (Phi) is 4.90. The van der Waals surface area contributed by atoms with Crippen LogP contribution in [-0.2, 0) is 14.3 Å². The van der Waals surface area contributed by atoms with Crippen LogP contribution in [0.3, 0.4) is 0 Å². The second kappa shape index (κ2) is 6.91. The third-order valence-electron chi connectivity index (χ3n) is 5.15. The zero-order chi connectivity index (χ0) is 16.4. The fourth-order valence-electron chi connectivity index (χ4n) is 3.96. The van der Waals surface area contributed by atoms with Crippen molar-refractivity contribution in [3.05, 3.63) is 28.8 Å². The molecular weight excluding hydrogens is 314 g/mol. The van der Waals surface area contributed by atoms with Gasteiger partial charge in [-0.25, -0.2) is 0 Å². The molecule has 23 heavy (non-hydrogen) atoms. The molecule has 3 atom stereocenters. The Morgan fingerprint density at radius 3 is 2.83 bits per heavy atom. The summed E-state index contributed by atoms with van der Waals surface area (Å²) in [6, 6.07) is 5.28. The number of carbonyl (C=O) groups is 2. The van der Waals surface area contributed by atoms with E-state index in [2.05, 4.69) is 5.32 Å². The molecule has 2 saturated carbocycles. The van der Waals surface area contributed by atoms with Crippen molar-refractivity contribution < 1.29 is 14.3 Å². The molecule has 5 heteroatoms. The van der Waals surface area contributed by atoms with Gasteiger partial charge in [0.2, 0.25) is 0 Å². The van der Waals surface area contributed by atoms with Gasteiger partial charge in [0.05, 0.1) is 0 Å². The van der Waals surface area contributed by atoms with Gasteiger partial charge in [-0.15, -0.1) is 0 Å². The van der Waals surface area contributed by atoms with E-state index in [-0.39, 0.29) is 18.5 Å². The third-order valence-corrected chi connectivity index (χ3v) is 5.39. The Morgan fingerprint density at radius 2 is 2.13 bits per heavy atom. The lowest BCUT2D eigenvalue weighted by Crippen LogP contribution is -2.23. The van der Waals surface area contributed by atoms with Crippen LogP contribution < -0.4 is 5.32 Å². The predicted octanol–water partition coefficient (Wildman–Crippen LogP) is 3.96. The zero-order valence-electron chi connectivity index (χ0n) is 13.3. The van der Waals surface area contributed by atoms with Crippen LogP contribution in [0.1, 0.15) is 37.7 Å². The maximum Gasteiger partial charge on any atom is 0.306 e. The lowest BCUT2D eigenvalue weighted by molar-refractivity contribution is -0.148. The number of aryl methyl sites for hydroxylation is 1. The van der Waals surface area contributed by atoms with E-state index in [0.717, 1.165) is 17.9 Å². The van der Waals surface area contributed by atoms with Crippen molar-refractivity contribution in [1.29, 1.82) is 0 Å². The van der Waals surface area contributed by atoms with Gasteiger partial charge >= 0.3 is 5.97 Å². The minimum Gasteiger partial charge on any atom is -0.456 e. The predicted molar refractivity (Wildman–Crippen MR) is 89.3 cm³/mol. The molecule has 0 aliphatic heterocycles. The van der Waals surface area contributed by atoms with Crippen LogP contribution in [0.15, 0.2) is 18.2 Å². The Labute approximate surface area is 141 Å². The number of esters is 1. The minimum absolute atomic E-state index is 0.244. The molecule has 0 unspecified atom stereocenters. The van der Waals surface area contributed by atoms with E-state index in [1.54, 1.807) is 12.1 Å². The molecule has 124 valence electrons. The molecule has 0 spiro atoms. The molecule has 0 heterocycles. The molecule has 1 aromatic rings. The highest BCUT2D eigenvalue weighted by molar-refractivity contribution is 6.31. The Hall–Kier alpha value is -1.55. The van der Waals surface area contributed by atoms with Crippen LogP contribution in [0.5, 0.6) is 0 Å². The molecule has 2 aliphatic rings. The van der Waals surface area contributed by atoms with Gasteiger partial charge < -0.3 is 10.1 Å². The summed E-state index contributed by atoms with van der Waals surface area (Å²) in [7, 11) is 0. The van der Waals surface area contributed by atoms with E-state index in [1.165, 1.54) is 19.3 Å². The molecule has 4 nitrogen and oxygen atoms in total. The minimum atomic E-state index is -0.336. The fraction of sp³-hybridized carbons (Fsp3) is 0.556. The van der Waals surface area contributed by atoms with Crippen molar-refractivity contribution in [2.45, 2.75) is 39.0 Å². The monoisotopic (exact) mass is 335 g/mol. The molecule has 0 aromatic heterocycles. The van der Waals surface area contributed by atoms with Gasteiger partial charge in [-0.2, -0.15) is 0 Å². The molecule has 1 amide bonds. The van der Waals surface area contributed by atoms with Gasteiger partial charge in [-0.3, -0.25) is 9.59 Å². The molecule has 1 aromatic carbocycles. The topological polar surface area (TPSA) is 55.4 Å². The van der Waals surface area contributed by atoms with E-state index in [9.17, 15) is 9.59 Å². The second-order valence-corrected chi connectivity index (χ2v) is 7.24. The molecule has 0 saturated heterocycles. The second-order valence-electron chi connectivity index (χ2n) is 6.81. The summed E-state index contributed by atoms with van der Waals surface area (Å²) in [5.41, 5.74) is 1.56. The first-order valence-electron chi connectivity index (χ1n) is 8.23. The van der Waals surface area contributed by atoms with E-state index in [4.69, 9.17) is 16.3 Å². The first kappa shape index (κ1) is 16.3. The van der Waals surface area contributed by atoms with Crippen LogP contribution in [-0.4, -0.2) is 18.5 Å². The fourth-order valence-corrected chi connectivity index (χ4v) is 4.13. The summed E-state index contributed by atoms with van der Waals surface area (Å²) >= 11 is 5.92. The quantitative estimate of drug-likeness (QED) is 0.829. The first-order chi connectivity index (χ1) is 11.0. The molecular formula is C18H22ClNO3. The molecule has 2 aliphatic carbocycles. The van der Waals surface area contributed by atoms with Gasteiger partial charge in [0.1, 0.15) is 0 Å². The van der Waals surface area contributed by atoms with Crippen LogP contribution in [0.4, 0.5) is 5.69 Å². The van der Waals surface area contributed by atoms with Crippen LogP contribution in [0.2, 0.25) is 5.02 Å². The van der Waals surface area contributed by atoms with Gasteiger partial charge in [-0.1, -0.05) is 24.1 Å². The lowest BCUT2D eigenvalue weighted by atomic mass is 9.86. The van der Waals surface area contributed by atoms with Crippen molar-refractivity contribution in [2.75, 3.05) is 11.9 Å². The number of ether oxygens (including phenoxy) is 1. The number of hydrogen-bond donors (Lipinski definition) is 1. The van der Waals surface area contributed by atoms with Crippen LogP contribution in [0.25, 0.3) is 0 Å². The van der Waals surface area contributed by atoms with E-state index in [1.807, 2.05) is 13.0 Å². The molecule has 3 rings (SSSR count). The highest BCUT2D eigenvalue weighted by Crippen LogP contribution is 2.49. The van der Waals surface area contributed by atoms with Crippen LogP contribution in [0, 0.1) is 24.7 Å². The summed E-state index contributed by atoms with van der Waals surface area (Å²) in [4.78, 5) is 23.8. The van der Waals surface area contributed by atoms with E-state index in [0.29, 0.717) is 29.0 Å². The largest absolute Gasteiger partial charge is 0.456 e. The Bertz CT molecular complexity index is 616. The summed E-state index contributed by atoms with van der Waals surface area (Å²) in [5, 5.41) is 3.28. The number of hydrogen-bond acceptors (Lipinski definition) is 3. The van der Waals surface area contributed by atoms with Gasteiger partial charge in [0.15, 0.2) is 6.61 Å². The molecule has 2 bridgehead atoms. The lowest BCUT2D eigenvalue weighted by Gasteiger charge is -2.20. The van der Waals surface area contributed by atoms with Crippen molar-refractivity contribution in [3.63, 3.8) is 0 Å². The average Bonchev–Trinajstić information content (AvgIpc) is 3.11. The number of rotatable bonds is 5. The van der Waals surface area contributed by atoms with Crippen molar-refractivity contribution in [2.24, 2.45) is 17.8 Å². The maximum absolute atomic E-state index is 11.9. The van der Waals surface area contributed by atoms with Gasteiger partial charge in [0, 0.05) is 17.1 Å². The number of benzene rings is 1. The maximum atomic E-state index is 11.9. The zero-order valence-corrected chi connectivity index (χ0v) is 14.1. The number of amides is 1. The summed E-state index contributed by atoms with van der Waals surface area (Å²) in [5.74, 6) is 1.36. The van der Waals surface area contributed by atoms with E-state index < -0.39 is 0 Å². The number of anilines is 1. The summed E-state index contributed by atoms with van der Waals surface area (Å²) in [6.45, 7) is 1.64. The normalized spacial score (nSPS) is 25.4. The highest BCUT2D eigenvalue weighted by Gasteiger charge is 2.40. The smallest absolute Gasteiger partial charge is 0.306 e. The van der Waals surface area contributed by atoms with Crippen molar-refractivity contribution in [1.82, 2.24) is 0 Å². The van der Waals surface area contributed by atoms with Gasteiger partial charge in [0.25, 0.3) is 5.91 Å². The third kappa shape index (κ3) is 4.05. The Balaban J connectivity index is 1.43. The van der Waals surface area contributed by atoms with Gasteiger partial charge in [-0.05, 0) is 61.6 Å². The van der Waals surface area contributed by atoms with Crippen molar-refractivity contribution in [3.8, 4) is 0 Å². The number of fused-ring (bicyclic) bond motifs is 2. The molecule has 2 fully saturated rings. The molecule has 1 N–H and O–H groups in total. The highest BCUT2D eigenvalue weighted by atomic mass is 35.5. The van der Waals surface area contributed by atoms with Crippen molar-refractivity contribution >= 4 is 29.2 Å². The number of nitrogens with one attached hydrogen (secondary N) is 1. The van der Waals surface area contributed by atoms with Crippen LogP contribution >= 0.6 is 11.6 Å². The molecule has 0 radical (unpaired) electrons. The first-order valence-corrected chi connectivity index (χ1v) is 8.60. The summed E-state index contributed by atoms with van der Waals surface area (Å²) < 4.78 is 5.13.